The average Bonchev–Trinajstić information content (AvgIpc) is 2.77. The van der Waals surface area contributed by atoms with E-state index in [-0.39, 0.29) is 18.0 Å². The first-order chi connectivity index (χ1) is 6.77. The highest BCUT2D eigenvalue weighted by Gasteiger charge is 2.30. The topological polar surface area (TPSA) is 70.6 Å². The van der Waals surface area contributed by atoms with Gasteiger partial charge in [0.25, 0.3) is 0 Å². The van der Waals surface area contributed by atoms with Crippen molar-refractivity contribution in [3.63, 3.8) is 0 Å². The maximum atomic E-state index is 11.6. The first-order valence-electron chi connectivity index (χ1n) is 5.07. The summed E-state index contributed by atoms with van der Waals surface area (Å²) in [6.45, 7) is 1.64. The normalized spacial score (nSPS) is 37.4. The number of aliphatic hydroxyl groups excluding tert-OH is 1. The smallest absolute Gasteiger partial charge is 0.237 e. The molecule has 0 aliphatic carbocycles. The Morgan fingerprint density at radius 2 is 2.36 bits per heavy atom. The van der Waals surface area contributed by atoms with Crippen molar-refractivity contribution in [3.8, 4) is 0 Å². The predicted octanol–water partition coefficient (Wildman–Crippen LogP) is -1.39. The molecule has 1 amide bonds. The Kier molecular flexibility index (Phi) is 3.00. The summed E-state index contributed by atoms with van der Waals surface area (Å²) in [5.41, 5.74) is 0. The van der Waals surface area contributed by atoms with Crippen molar-refractivity contribution in [1.29, 1.82) is 0 Å². The van der Waals surface area contributed by atoms with Crippen LogP contribution in [-0.2, 0) is 9.53 Å². The minimum atomic E-state index is -0.555. The van der Waals surface area contributed by atoms with Gasteiger partial charge in [-0.15, -0.1) is 0 Å². The number of hydrogen-bond donors (Lipinski definition) is 3. The fraction of sp³-hybridized carbons (Fsp3) is 0.889. The molecular formula is C9H16N2O3. The number of rotatable bonds is 2. The summed E-state index contributed by atoms with van der Waals surface area (Å²) in [4.78, 5) is 11.6. The molecule has 2 rings (SSSR count). The quantitative estimate of drug-likeness (QED) is 0.513. The fourth-order valence-corrected chi connectivity index (χ4v) is 1.87. The highest BCUT2D eigenvalue weighted by molar-refractivity contribution is 5.82. The molecule has 3 N–H and O–H groups in total. The van der Waals surface area contributed by atoms with Crippen LogP contribution in [0.3, 0.4) is 0 Å². The van der Waals surface area contributed by atoms with Gasteiger partial charge in [0.05, 0.1) is 31.4 Å². The number of carbonyl (C=O) groups excluding carboxylic acids is 1. The molecule has 0 aromatic heterocycles. The molecule has 0 radical (unpaired) electrons. The maximum Gasteiger partial charge on any atom is 0.237 e. The van der Waals surface area contributed by atoms with Crippen molar-refractivity contribution < 1.29 is 14.6 Å². The van der Waals surface area contributed by atoms with E-state index >= 15 is 0 Å². The lowest BCUT2D eigenvalue weighted by Crippen LogP contribution is -2.49. The number of ether oxygens (including phenoxy) is 1. The Morgan fingerprint density at radius 1 is 1.50 bits per heavy atom. The summed E-state index contributed by atoms with van der Waals surface area (Å²) in [6.07, 6.45) is 1.37. The van der Waals surface area contributed by atoms with Crippen LogP contribution >= 0.6 is 0 Å². The third-order valence-electron chi connectivity index (χ3n) is 2.75. The molecule has 0 bridgehead atoms. The third kappa shape index (κ3) is 2.05. The summed E-state index contributed by atoms with van der Waals surface area (Å²) in [7, 11) is 0. The van der Waals surface area contributed by atoms with E-state index in [1.807, 2.05) is 0 Å². The van der Waals surface area contributed by atoms with Gasteiger partial charge in [-0.3, -0.25) is 4.79 Å². The predicted molar refractivity (Wildman–Crippen MR) is 49.8 cm³/mol. The lowest BCUT2D eigenvalue weighted by atomic mass is 10.1. The van der Waals surface area contributed by atoms with Gasteiger partial charge >= 0.3 is 0 Å². The van der Waals surface area contributed by atoms with Gasteiger partial charge in [-0.2, -0.15) is 0 Å². The first kappa shape index (κ1) is 9.89. The lowest BCUT2D eigenvalue weighted by Gasteiger charge is -2.17. The number of carbonyl (C=O) groups is 1. The first-order valence-corrected chi connectivity index (χ1v) is 5.07. The van der Waals surface area contributed by atoms with E-state index in [0.29, 0.717) is 13.2 Å². The van der Waals surface area contributed by atoms with Crippen LogP contribution in [0.2, 0.25) is 0 Å². The molecular weight excluding hydrogens is 184 g/mol. The lowest BCUT2D eigenvalue weighted by molar-refractivity contribution is -0.124. The van der Waals surface area contributed by atoms with E-state index in [9.17, 15) is 9.90 Å². The molecule has 2 aliphatic heterocycles. The van der Waals surface area contributed by atoms with E-state index in [1.165, 1.54) is 0 Å². The number of hydrogen-bond acceptors (Lipinski definition) is 4. The van der Waals surface area contributed by atoms with Crippen molar-refractivity contribution in [2.75, 3.05) is 19.8 Å². The highest BCUT2D eigenvalue weighted by atomic mass is 16.5. The van der Waals surface area contributed by atoms with Crippen LogP contribution in [0.15, 0.2) is 0 Å². The largest absolute Gasteiger partial charge is 0.388 e. The molecule has 2 aliphatic rings. The molecule has 2 heterocycles. The van der Waals surface area contributed by atoms with E-state index in [4.69, 9.17) is 4.74 Å². The minimum Gasteiger partial charge on any atom is -0.388 e. The van der Waals surface area contributed by atoms with E-state index in [2.05, 4.69) is 10.6 Å². The Labute approximate surface area is 82.8 Å². The molecule has 14 heavy (non-hydrogen) atoms. The summed E-state index contributed by atoms with van der Waals surface area (Å²) in [5, 5.41) is 15.3. The van der Waals surface area contributed by atoms with E-state index in [1.54, 1.807) is 0 Å². The van der Waals surface area contributed by atoms with E-state index < -0.39 is 6.10 Å². The second kappa shape index (κ2) is 4.25. The van der Waals surface area contributed by atoms with Crippen molar-refractivity contribution >= 4 is 5.91 Å². The molecule has 0 saturated carbocycles. The zero-order valence-corrected chi connectivity index (χ0v) is 8.03. The molecule has 2 saturated heterocycles. The molecule has 2 unspecified atom stereocenters. The fourth-order valence-electron chi connectivity index (χ4n) is 1.87. The number of aliphatic hydroxyl groups is 1. The molecule has 0 spiro atoms. The highest BCUT2D eigenvalue weighted by Crippen LogP contribution is 2.08. The van der Waals surface area contributed by atoms with Crippen LogP contribution in [-0.4, -0.2) is 49.0 Å². The van der Waals surface area contributed by atoms with Gasteiger partial charge in [-0.05, 0) is 19.4 Å². The molecule has 80 valence electrons. The van der Waals surface area contributed by atoms with Gasteiger partial charge in [0.1, 0.15) is 0 Å². The van der Waals surface area contributed by atoms with Crippen molar-refractivity contribution in [3.05, 3.63) is 0 Å². The summed E-state index contributed by atoms with van der Waals surface area (Å²) in [5.74, 6) is -0.0166. The van der Waals surface area contributed by atoms with Gasteiger partial charge in [0.15, 0.2) is 0 Å². The summed E-state index contributed by atoms with van der Waals surface area (Å²) < 4.78 is 5.05. The zero-order valence-electron chi connectivity index (χ0n) is 8.03. The monoisotopic (exact) mass is 200 g/mol. The van der Waals surface area contributed by atoms with Crippen molar-refractivity contribution in [2.45, 2.75) is 31.0 Å². The Balaban J connectivity index is 1.81. The van der Waals surface area contributed by atoms with Crippen molar-refractivity contribution in [2.24, 2.45) is 0 Å². The second-order valence-electron chi connectivity index (χ2n) is 3.87. The molecule has 0 aromatic rings. The average molecular weight is 200 g/mol. The second-order valence-corrected chi connectivity index (χ2v) is 3.87. The van der Waals surface area contributed by atoms with E-state index in [0.717, 1.165) is 19.4 Å². The van der Waals surface area contributed by atoms with Crippen molar-refractivity contribution in [1.82, 2.24) is 10.6 Å². The van der Waals surface area contributed by atoms with Crippen LogP contribution in [0, 0.1) is 0 Å². The van der Waals surface area contributed by atoms with Gasteiger partial charge in [-0.1, -0.05) is 0 Å². The van der Waals surface area contributed by atoms with Gasteiger partial charge in [-0.25, -0.2) is 0 Å². The zero-order chi connectivity index (χ0) is 9.97. The molecule has 5 heteroatoms. The standard InChI is InChI=1S/C9H16N2O3/c12-8-5-14-4-7(8)11-9(13)6-2-1-3-10-6/h6-8,10,12H,1-5H2,(H,11,13)/t6-,7?,8?/m1/s1. The van der Waals surface area contributed by atoms with Crippen LogP contribution < -0.4 is 10.6 Å². The number of nitrogens with one attached hydrogen (secondary N) is 2. The maximum absolute atomic E-state index is 11.6. The summed E-state index contributed by atoms with van der Waals surface area (Å²) >= 11 is 0. The SMILES string of the molecule is O=C(NC1COCC1O)[C@H]1CCCN1. The van der Waals surface area contributed by atoms with Gasteiger partial charge < -0.3 is 20.5 Å². The number of amides is 1. The Hall–Kier alpha value is -0.650. The molecule has 0 aromatic carbocycles. The van der Waals surface area contributed by atoms with Gasteiger partial charge in [0, 0.05) is 0 Å². The molecule has 2 fully saturated rings. The molecule has 3 atom stereocenters. The minimum absolute atomic E-state index is 0.0166. The van der Waals surface area contributed by atoms with Crippen LogP contribution in [0.4, 0.5) is 0 Å². The Morgan fingerprint density at radius 3 is 2.93 bits per heavy atom. The molecule has 5 nitrogen and oxygen atoms in total. The third-order valence-corrected chi connectivity index (χ3v) is 2.75. The van der Waals surface area contributed by atoms with Crippen LogP contribution in [0.5, 0.6) is 0 Å². The van der Waals surface area contributed by atoms with Crippen LogP contribution in [0.1, 0.15) is 12.8 Å². The van der Waals surface area contributed by atoms with Crippen LogP contribution in [0.25, 0.3) is 0 Å². The Bertz CT molecular complexity index is 216. The van der Waals surface area contributed by atoms with Gasteiger partial charge in [0.2, 0.25) is 5.91 Å². The summed E-state index contributed by atoms with van der Waals surface area (Å²) in [6, 6.07) is -0.312.